The molecule has 3 aliphatic rings. The van der Waals surface area contributed by atoms with E-state index < -0.39 is 16.9 Å². The number of nitrogens with zero attached hydrogens (tertiary/aromatic N) is 3. The third kappa shape index (κ3) is 5.45. The lowest BCUT2D eigenvalue weighted by Gasteiger charge is -2.53. The second-order valence-corrected chi connectivity index (χ2v) is 10.8. The Kier molecular flexibility index (Phi) is 7.50. The fourth-order valence-corrected chi connectivity index (χ4v) is 6.07. The van der Waals surface area contributed by atoms with E-state index in [-0.39, 0.29) is 43.8 Å². The maximum absolute atomic E-state index is 13.1. The number of piperidine rings is 1. The van der Waals surface area contributed by atoms with Crippen LogP contribution >= 0.6 is 0 Å². The Morgan fingerprint density at radius 1 is 1.22 bits per heavy atom. The van der Waals surface area contributed by atoms with Gasteiger partial charge >= 0.3 is 6.03 Å². The summed E-state index contributed by atoms with van der Waals surface area (Å²) >= 11 is 0. The minimum Gasteiger partial charge on any atom is -0.387 e. The number of rotatable bonds is 7. The van der Waals surface area contributed by atoms with Crippen LogP contribution in [0.3, 0.4) is 0 Å². The molecule has 0 aromatic heterocycles. The number of carbonyl (C=O) groups excluding carboxylic acids is 2. The predicted molar refractivity (Wildman–Crippen MR) is 135 cm³/mol. The first-order valence-electron chi connectivity index (χ1n) is 12.7. The molecule has 1 atom stereocenters. The number of nitrogens with one attached hydrogen (secondary N) is 1. The first kappa shape index (κ1) is 26.3. The van der Waals surface area contributed by atoms with Gasteiger partial charge < -0.3 is 20.2 Å². The fourth-order valence-electron chi connectivity index (χ4n) is 6.07. The number of hydrogen-bond donors (Lipinski definition) is 2. The molecule has 36 heavy (non-hydrogen) atoms. The van der Waals surface area contributed by atoms with Gasteiger partial charge in [0.05, 0.1) is 17.8 Å². The highest BCUT2D eigenvalue weighted by Crippen LogP contribution is 2.51. The molecule has 1 aromatic carbocycles. The second-order valence-electron chi connectivity index (χ2n) is 10.8. The number of likely N-dealkylation sites (tertiary alicyclic amines) is 1. The highest BCUT2D eigenvalue weighted by Gasteiger charge is 2.56. The van der Waals surface area contributed by atoms with Gasteiger partial charge in [-0.3, -0.25) is 9.79 Å². The number of urea groups is 1. The Hall–Kier alpha value is -2.81. The van der Waals surface area contributed by atoms with Gasteiger partial charge in [0.15, 0.2) is 0 Å². The molecule has 3 fully saturated rings. The van der Waals surface area contributed by atoms with Crippen molar-refractivity contribution in [3.63, 3.8) is 0 Å². The third-order valence-electron chi connectivity index (χ3n) is 8.22. The number of likely N-dealkylation sites (N-methyl/N-ethyl adjacent to an activating group) is 1. The van der Waals surface area contributed by atoms with Gasteiger partial charge in [-0.05, 0) is 31.9 Å². The molecule has 3 amide bonds. The van der Waals surface area contributed by atoms with E-state index in [1.165, 1.54) is 11.0 Å². The van der Waals surface area contributed by atoms with Crippen LogP contribution in [0.15, 0.2) is 41.4 Å². The van der Waals surface area contributed by atoms with Gasteiger partial charge in [-0.2, -0.15) is 0 Å². The van der Waals surface area contributed by atoms with Crippen molar-refractivity contribution < 1.29 is 23.5 Å². The Balaban J connectivity index is 1.41. The minimum absolute atomic E-state index is 0.147. The quantitative estimate of drug-likeness (QED) is 0.438. The van der Waals surface area contributed by atoms with E-state index in [9.17, 15) is 23.5 Å². The van der Waals surface area contributed by atoms with Gasteiger partial charge in [-0.1, -0.05) is 43.2 Å². The minimum atomic E-state index is -2.60. The van der Waals surface area contributed by atoms with Gasteiger partial charge in [-0.15, -0.1) is 0 Å². The van der Waals surface area contributed by atoms with Crippen molar-refractivity contribution in [2.75, 3.05) is 33.2 Å². The van der Waals surface area contributed by atoms with Crippen LogP contribution in [0.5, 0.6) is 0 Å². The van der Waals surface area contributed by atoms with Gasteiger partial charge in [0, 0.05) is 56.6 Å². The van der Waals surface area contributed by atoms with E-state index in [2.05, 4.69) is 17.0 Å². The molecule has 196 valence electrons. The third-order valence-corrected chi connectivity index (χ3v) is 8.22. The zero-order valence-corrected chi connectivity index (χ0v) is 20.9. The maximum Gasteiger partial charge on any atom is 0.317 e. The van der Waals surface area contributed by atoms with Crippen LogP contribution < -0.4 is 5.32 Å². The van der Waals surface area contributed by atoms with Crippen molar-refractivity contribution in [1.82, 2.24) is 15.1 Å². The maximum atomic E-state index is 13.1. The van der Waals surface area contributed by atoms with E-state index in [0.717, 1.165) is 31.2 Å². The molecule has 0 unspecified atom stereocenters. The van der Waals surface area contributed by atoms with Gasteiger partial charge in [0.25, 0.3) is 0 Å². The summed E-state index contributed by atoms with van der Waals surface area (Å²) in [6.45, 7) is 4.70. The number of aliphatic imine (C=N–C) groups is 1. The molecule has 0 bridgehead atoms. The Bertz CT molecular complexity index is 1000. The molecule has 1 saturated heterocycles. The lowest BCUT2D eigenvalue weighted by atomic mass is 9.65. The number of amides is 3. The summed E-state index contributed by atoms with van der Waals surface area (Å²) in [6, 6.07) is 9.04. The summed E-state index contributed by atoms with van der Waals surface area (Å²) in [5, 5.41) is 14.7. The first-order valence-corrected chi connectivity index (χ1v) is 12.7. The van der Waals surface area contributed by atoms with Crippen molar-refractivity contribution in [3.8, 4) is 0 Å². The summed E-state index contributed by atoms with van der Waals surface area (Å²) in [7, 11) is 1.67. The van der Waals surface area contributed by atoms with Crippen LogP contribution in [0.2, 0.25) is 0 Å². The average molecular weight is 503 g/mol. The van der Waals surface area contributed by atoms with E-state index in [4.69, 9.17) is 0 Å². The monoisotopic (exact) mass is 502 g/mol. The summed E-state index contributed by atoms with van der Waals surface area (Å²) in [6.07, 6.45) is 4.84. The lowest BCUT2D eigenvalue weighted by Crippen LogP contribution is -2.65. The van der Waals surface area contributed by atoms with E-state index >= 15 is 0 Å². The molecule has 2 saturated carbocycles. The van der Waals surface area contributed by atoms with Crippen LogP contribution in [0.1, 0.15) is 50.5 Å². The first-order chi connectivity index (χ1) is 17.1. The van der Waals surface area contributed by atoms with E-state index in [1.54, 1.807) is 11.9 Å². The number of benzene rings is 1. The van der Waals surface area contributed by atoms with E-state index in [0.29, 0.717) is 25.2 Å². The zero-order chi connectivity index (χ0) is 26.0. The standard InChI is InChI=1S/C27H36F2N4O3/c1-30-22(21-8-4-3-5-9-21)14-23(34)32(2)19-26(36)12-13-33(18-25(26)10-6-7-11-25)24(35)31-17-20-15-27(28,29)16-20/h3-5,8-9,14,20,36H,1,6-7,10-13,15-19H2,2H3,(H,31,35)/b22-14-/t26-/m1/s1. The molecule has 0 radical (unpaired) electrons. The van der Waals surface area contributed by atoms with Crippen LogP contribution in [-0.2, 0) is 4.79 Å². The number of alkyl halides is 2. The topological polar surface area (TPSA) is 85.2 Å². The molecule has 2 N–H and O–H groups in total. The smallest absolute Gasteiger partial charge is 0.317 e. The van der Waals surface area contributed by atoms with Crippen LogP contribution in [0.25, 0.3) is 5.70 Å². The zero-order valence-electron chi connectivity index (χ0n) is 20.9. The molecule has 1 heterocycles. The molecular formula is C27H36F2N4O3. The highest BCUT2D eigenvalue weighted by molar-refractivity contribution is 5.95. The molecule has 1 aromatic rings. The van der Waals surface area contributed by atoms with Crippen LogP contribution in [-0.4, -0.2) is 78.3 Å². The predicted octanol–water partition coefficient (Wildman–Crippen LogP) is 3.94. The van der Waals surface area contributed by atoms with Gasteiger partial charge in [0.1, 0.15) is 0 Å². The Morgan fingerprint density at radius 2 is 1.89 bits per heavy atom. The molecular weight excluding hydrogens is 466 g/mol. The summed E-state index contributed by atoms with van der Waals surface area (Å²) < 4.78 is 26.2. The number of aliphatic hydroxyl groups is 1. The largest absolute Gasteiger partial charge is 0.387 e. The van der Waals surface area contributed by atoms with Gasteiger partial charge in [-0.25, -0.2) is 13.6 Å². The SMILES string of the molecule is C=N/C(=C\C(=O)N(C)C[C@]1(O)CCN(C(=O)NCC2CC(F)(F)C2)CC12CCCC2)c1ccccc1. The Labute approximate surface area is 211 Å². The lowest BCUT2D eigenvalue weighted by molar-refractivity contribution is -0.149. The molecule has 1 spiro atoms. The number of hydrogen-bond acceptors (Lipinski definition) is 4. The summed E-state index contributed by atoms with van der Waals surface area (Å²) in [5.74, 6) is -3.07. The van der Waals surface area contributed by atoms with Crippen LogP contribution in [0.4, 0.5) is 13.6 Å². The number of carbonyl (C=O) groups is 2. The fraction of sp³-hybridized carbons (Fsp3) is 0.593. The average Bonchev–Trinajstić information content (AvgIpc) is 3.31. The molecule has 9 heteroatoms. The van der Waals surface area contributed by atoms with Crippen molar-refractivity contribution in [3.05, 3.63) is 42.0 Å². The molecule has 4 rings (SSSR count). The van der Waals surface area contributed by atoms with Crippen LogP contribution in [0, 0.1) is 11.3 Å². The summed E-state index contributed by atoms with van der Waals surface area (Å²) in [4.78, 5) is 33.1. The van der Waals surface area contributed by atoms with Crippen molar-refractivity contribution in [2.24, 2.45) is 16.3 Å². The normalized spacial score (nSPS) is 25.3. The number of halogens is 2. The molecule has 2 aliphatic carbocycles. The van der Waals surface area contributed by atoms with Crippen molar-refractivity contribution in [2.45, 2.75) is 56.5 Å². The summed E-state index contributed by atoms with van der Waals surface area (Å²) in [5.41, 5.74) is -0.400. The second kappa shape index (κ2) is 10.3. The van der Waals surface area contributed by atoms with Crippen molar-refractivity contribution in [1.29, 1.82) is 0 Å². The van der Waals surface area contributed by atoms with Crippen molar-refractivity contribution >= 4 is 24.4 Å². The molecule has 7 nitrogen and oxygen atoms in total. The van der Waals surface area contributed by atoms with E-state index in [1.807, 2.05) is 30.3 Å². The Morgan fingerprint density at radius 3 is 2.50 bits per heavy atom. The molecule has 1 aliphatic heterocycles. The van der Waals surface area contributed by atoms with Gasteiger partial charge in [0.2, 0.25) is 11.8 Å². The highest BCUT2D eigenvalue weighted by atomic mass is 19.3.